The van der Waals surface area contributed by atoms with E-state index in [1.54, 1.807) is 6.07 Å². The average Bonchev–Trinajstić information content (AvgIpc) is 2.75. The Morgan fingerprint density at radius 2 is 1.23 bits per heavy atom. The minimum absolute atomic E-state index is 0.0707. The lowest BCUT2D eigenvalue weighted by molar-refractivity contribution is 0.0692. The maximum atomic E-state index is 11.3. The highest BCUT2D eigenvalue weighted by atomic mass is 16.4. The van der Waals surface area contributed by atoms with Crippen LogP contribution in [0.25, 0.3) is 0 Å². The third kappa shape index (κ3) is 14.0. The van der Waals surface area contributed by atoms with Crippen LogP contribution in [-0.2, 0) is 6.42 Å². The first-order valence-electron chi connectivity index (χ1n) is 12.9. The van der Waals surface area contributed by atoms with Gasteiger partial charge < -0.3 is 10.2 Å². The summed E-state index contributed by atoms with van der Waals surface area (Å²) >= 11 is 0. The molecule has 0 aliphatic rings. The fourth-order valence-electron chi connectivity index (χ4n) is 4.14. The van der Waals surface area contributed by atoms with Gasteiger partial charge in [-0.2, -0.15) is 0 Å². The summed E-state index contributed by atoms with van der Waals surface area (Å²) in [6.07, 6.45) is 27.5. The van der Waals surface area contributed by atoms with Crippen molar-refractivity contribution >= 4 is 5.97 Å². The summed E-state index contributed by atoms with van der Waals surface area (Å²) in [5, 5.41) is 19.0. The van der Waals surface area contributed by atoms with E-state index in [1.807, 2.05) is 6.07 Å². The van der Waals surface area contributed by atoms with Crippen LogP contribution in [0.5, 0.6) is 5.75 Å². The van der Waals surface area contributed by atoms with Gasteiger partial charge >= 0.3 is 5.97 Å². The van der Waals surface area contributed by atoms with Crippen LogP contribution in [0.2, 0.25) is 0 Å². The van der Waals surface area contributed by atoms with Crippen LogP contribution in [-0.4, -0.2) is 16.2 Å². The van der Waals surface area contributed by atoms with Gasteiger partial charge in [-0.15, -0.1) is 0 Å². The molecule has 1 aromatic carbocycles. The largest absolute Gasteiger partial charge is 0.507 e. The monoisotopic (exact) mass is 430 g/mol. The number of hydrogen-bond donors (Lipinski definition) is 2. The van der Waals surface area contributed by atoms with Gasteiger partial charge in [-0.05, 0) is 50.2 Å². The Morgan fingerprint density at radius 1 is 0.742 bits per heavy atom. The second-order valence-electron chi connectivity index (χ2n) is 8.86. The van der Waals surface area contributed by atoms with E-state index in [1.165, 1.54) is 102 Å². The highest BCUT2D eigenvalue weighted by Crippen LogP contribution is 2.23. The summed E-state index contributed by atoms with van der Waals surface area (Å²) in [6.45, 7) is 2.26. The molecule has 0 saturated carbocycles. The zero-order valence-corrected chi connectivity index (χ0v) is 19.9. The molecule has 1 aromatic rings. The van der Waals surface area contributed by atoms with Gasteiger partial charge in [0.2, 0.25) is 0 Å². The molecule has 31 heavy (non-hydrogen) atoms. The van der Waals surface area contributed by atoms with Crippen molar-refractivity contribution in [1.82, 2.24) is 0 Å². The molecule has 3 nitrogen and oxygen atoms in total. The van der Waals surface area contributed by atoms with Crippen molar-refractivity contribution in [3.05, 3.63) is 41.5 Å². The molecule has 0 aliphatic heterocycles. The van der Waals surface area contributed by atoms with Gasteiger partial charge in [0.25, 0.3) is 0 Å². The summed E-state index contributed by atoms with van der Waals surface area (Å²) in [5.74, 6) is -1.16. The van der Waals surface area contributed by atoms with Crippen LogP contribution in [0.4, 0.5) is 0 Å². The number of allylic oxidation sites excluding steroid dienone is 2. The zero-order valence-electron chi connectivity index (χ0n) is 19.9. The van der Waals surface area contributed by atoms with Crippen LogP contribution < -0.4 is 0 Å². The Kier molecular flexibility index (Phi) is 16.7. The smallest absolute Gasteiger partial charge is 0.339 e. The van der Waals surface area contributed by atoms with Crippen molar-refractivity contribution in [3.8, 4) is 5.75 Å². The lowest BCUT2D eigenvalue weighted by Crippen LogP contribution is -2.03. The number of aryl methyl sites for hydroxylation is 1. The van der Waals surface area contributed by atoms with Gasteiger partial charge in [-0.3, -0.25) is 0 Å². The first-order valence-corrected chi connectivity index (χ1v) is 12.9. The normalized spacial score (nSPS) is 11.4. The summed E-state index contributed by atoms with van der Waals surface area (Å²) in [6, 6.07) is 4.99. The molecule has 176 valence electrons. The summed E-state index contributed by atoms with van der Waals surface area (Å²) in [7, 11) is 0. The summed E-state index contributed by atoms with van der Waals surface area (Å²) < 4.78 is 0. The number of aromatic carboxylic acids is 1. The fourth-order valence-corrected chi connectivity index (χ4v) is 4.14. The molecule has 0 aliphatic carbocycles. The number of rotatable bonds is 20. The Hall–Kier alpha value is -1.77. The van der Waals surface area contributed by atoms with Crippen LogP contribution in [0, 0.1) is 0 Å². The van der Waals surface area contributed by atoms with E-state index < -0.39 is 5.97 Å². The summed E-state index contributed by atoms with van der Waals surface area (Å²) in [4.78, 5) is 11.3. The molecule has 0 bridgehead atoms. The molecule has 3 heteroatoms. The Bertz CT molecular complexity index is 606. The molecule has 0 saturated heterocycles. The van der Waals surface area contributed by atoms with E-state index in [-0.39, 0.29) is 11.3 Å². The van der Waals surface area contributed by atoms with Gasteiger partial charge in [0.05, 0.1) is 0 Å². The Morgan fingerprint density at radius 3 is 1.74 bits per heavy atom. The molecule has 1 rings (SSSR count). The SMILES string of the molecule is CCCCC/C=C/CCCCCCCCCCCCCCc1cccc(O)c1C(=O)O. The van der Waals surface area contributed by atoms with Crippen molar-refractivity contribution in [2.75, 3.05) is 0 Å². The highest BCUT2D eigenvalue weighted by molar-refractivity contribution is 5.92. The van der Waals surface area contributed by atoms with Crippen LogP contribution in [0.15, 0.2) is 30.4 Å². The molecular formula is C28H46O3. The number of carbonyl (C=O) groups is 1. The summed E-state index contributed by atoms with van der Waals surface area (Å²) in [5.41, 5.74) is 0.817. The Balaban J connectivity index is 1.87. The third-order valence-electron chi connectivity index (χ3n) is 6.05. The number of unbranched alkanes of at least 4 members (excludes halogenated alkanes) is 15. The van der Waals surface area contributed by atoms with E-state index in [0.717, 1.165) is 24.8 Å². The molecule has 0 amide bonds. The third-order valence-corrected chi connectivity index (χ3v) is 6.05. The van der Waals surface area contributed by atoms with Gasteiger partial charge in [0, 0.05) is 0 Å². The molecular weight excluding hydrogens is 384 g/mol. The number of benzene rings is 1. The van der Waals surface area contributed by atoms with E-state index in [0.29, 0.717) is 0 Å². The van der Waals surface area contributed by atoms with Crippen molar-refractivity contribution in [2.24, 2.45) is 0 Å². The minimum Gasteiger partial charge on any atom is -0.507 e. The second-order valence-corrected chi connectivity index (χ2v) is 8.86. The van der Waals surface area contributed by atoms with Gasteiger partial charge in [-0.25, -0.2) is 4.79 Å². The van der Waals surface area contributed by atoms with Crippen LogP contribution in [0.3, 0.4) is 0 Å². The predicted molar refractivity (Wildman–Crippen MR) is 132 cm³/mol. The lowest BCUT2D eigenvalue weighted by Gasteiger charge is -2.08. The topological polar surface area (TPSA) is 57.5 Å². The molecule has 0 radical (unpaired) electrons. The molecule has 0 unspecified atom stereocenters. The van der Waals surface area contributed by atoms with Gasteiger partial charge in [0.15, 0.2) is 0 Å². The van der Waals surface area contributed by atoms with Gasteiger partial charge in [-0.1, -0.05) is 108 Å². The first kappa shape index (κ1) is 27.3. The standard InChI is InChI=1S/C28H46O3/c1-2-3-4-5-6-7-8-9-10-11-12-13-14-15-16-17-18-19-20-22-25-23-21-24-26(29)27(25)28(30)31/h6-7,21,23-24,29H,2-5,8-20,22H2,1H3,(H,30,31)/b7-6+. The quantitative estimate of drug-likeness (QED) is 0.160. The van der Waals surface area contributed by atoms with E-state index in [4.69, 9.17) is 0 Å². The van der Waals surface area contributed by atoms with Crippen molar-refractivity contribution in [3.63, 3.8) is 0 Å². The second kappa shape index (κ2) is 19.0. The lowest BCUT2D eigenvalue weighted by atomic mass is 9.99. The highest BCUT2D eigenvalue weighted by Gasteiger charge is 2.14. The predicted octanol–water partition coefficient (Wildman–Crippen LogP) is 8.84. The van der Waals surface area contributed by atoms with E-state index in [2.05, 4.69) is 19.1 Å². The van der Waals surface area contributed by atoms with Crippen molar-refractivity contribution in [1.29, 1.82) is 0 Å². The molecule has 0 atom stereocenters. The van der Waals surface area contributed by atoms with Crippen LogP contribution >= 0.6 is 0 Å². The maximum Gasteiger partial charge on any atom is 0.339 e. The van der Waals surface area contributed by atoms with Crippen LogP contribution in [0.1, 0.15) is 132 Å². The van der Waals surface area contributed by atoms with Gasteiger partial charge in [0.1, 0.15) is 11.3 Å². The van der Waals surface area contributed by atoms with Crippen molar-refractivity contribution < 1.29 is 15.0 Å². The molecule has 2 N–H and O–H groups in total. The molecule has 0 heterocycles. The number of carboxylic acid groups (broad SMARTS) is 1. The van der Waals surface area contributed by atoms with E-state index in [9.17, 15) is 15.0 Å². The molecule has 0 spiro atoms. The first-order chi connectivity index (χ1) is 15.2. The molecule has 0 aromatic heterocycles. The van der Waals surface area contributed by atoms with Crippen molar-refractivity contribution in [2.45, 2.75) is 122 Å². The number of phenols is 1. The number of hydrogen-bond acceptors (Lipinski definition) is 2. The maximum absolute atomic E-state index is 11.3. The van der Waals surface area contributed by atoms with E-state index >= 15 is 0 Å². The minimum atomic E-state index is -1.04. The number of carboxylic acids is 1. The fraction of sp³-hybridized carbons (Fsp3) is 0.679. The zero-order chi connectivity index (χ0) is 22.6. The molecule has 0 fully saturated rings. The average molecular weight is 431 g/mol. The number of aromatic hydroxyl groups is 1. The Labute approximate surface area is 191 Å².